The van der Waals surface area contributed by atoms with Crippen molar-refractivity contribution in [3.63, 3.8) is 0 Å². The molecule has 13 heavy (non-hydrogen) atoms. The molecule has 70 valence electrons. The first-order chi connectivity index (χ1) is 6.36. The van der Waals surface area contributed by atoms with Crippen LogP contribution >= 0.6 is 11.5 Å². The molecule has 1 unspecified atom stereocenters. The first kappa shape index (κ1) is 8.52. The van der Waals surface area contributed by atoms with E-state index in [2.05, 4.69) is 25.4 Å². The molecule has 1 saturated heterocycles. The average Bonchev–Trinajstić information content (AvgIpc) is 2.74. The van der Waals surface area contributed by atoms with Crippen LogP contribution in [-0.2, 0) is 4.79 Å². The highest BCUT2D eigenvalue weighted by Gasteiger charge is 2.22. The molecule has 2 N–H and O–H groups in total. The van der Waals surface area contributed by atoms with Gasteiger partial charge in [-0.25, -0.2) is 0 Å². The zero-order chi connectivity index (χ0) is 9.10. The summed E-state index contributed by atoms with van der Waals surface area (Å²) in [4.78, 5) is 11.5. The summed E-state index contributed by atoms with van der Waals surface area (Å²) >= 11 is 1.09. The molecule has 1 atom stereocenters. The second kappa shape index (κ2) is 3.75. The highest BCUT2D eigenvalue weighted by Crippen LogP contribution is 2.12. The van der Waals surface area contributed by atoms with Gasteiger partial charge in [-0.1, -0.05) is 9.59 Å². The summed E-state index contributed by atoms with van der Waals surface area (Å²) in [6.07, 6.45) is 0.887. The fourth-order valence-corrected chi connectivity index (χ4v) is 1.64. The Labute approximate surface area is 78.9 Å². The normalized spacial score (nSPS) is 21.7. The molecule has 0 spiro atoms. The molecule has 2 heterocycles. The maximum atomic E-state index is 11.5. The van der Waals surface area contributed by atoms with E-state index in [0.29, 0.717) is 5.13 Å². The molecule has 6 nitrogen and oxygen atoms in total. The highest BCUT2D eigenvalue weighted by atomic mass is 32.1. The van der Waals surface area contributed by atoms with Crippen molar-refractivity contribution < 1.29 is 4.79 Å². The summed E-state index contributed by atoms with van der Waals surface area (Å²) in [5.41, 5.74) is 0. The van der Waals surface area contributed by atoms with Gasteiger partial charge in [0.2, 0.25) is 11.0 Å². The van der Waals surface area contributed by atoms with E-state index in [1.54, 1.807) is 0 Å². The zero-order valence-electron chi connectivity index (χ0n) is 6.86. The van der Waals surface area contributed by atoms with Gasteiger partial charge in [0.1, 0.15) is 0 Å². The van der Waals surface area contributed by atoms with Crippen LogP contribution in [0, 0.1) is 5.92 Å². The first-order valence-corrected chi connectivity index (χ1v) is 4.80. The lowest BCUT2D eigenvalue weighted by molar-refractivity contribution is -0.119. The van der Waals surface area contributed by atoms with Crippen molar-refractivity contribution in [2.45, 2.75) is 6.42 Å². The lowest BCUT2D eigenvalue weighted by Gasteiger charge is -2.05. The van der Waals surface area contributed by atoms with Crippen molar-refractivity contribution in [3.8, 4) is 0 Å². The van der Waals surface area contributed by atoms with Crippen molar-refractivity contribution in [1.29, 1.82) is 0 Å². The smallest absolute Gasteiger partial charge is 0.231 e. The highest BCUT2D eigenvalue weighted by molar-refractivity contribution is 7.09. The number of nitrogens with zero attached hydrogens (tertiary/aromatic N) is 3. The number of carbonyl (C=O) groups is 1. The lowest BCUT2D eigenvalue weighted by Crippen LogP contribution is -2.24. The predicted octanol–water partition coefficient (Wildman–Crippen LogP) is -0.519. The van der Waals surface area contributed by atoms with Gasteiger partial charge in [-0.05, 0) is 18.2 Å². The number of hydrogen-bond acceptors (Lipinski definition) is 6. The number of nitrogens with one attached hydrogen (secondary N) is 2. The third kappa shape index (κ3) is 1.99. The molecule has 2 rings (SSSR count). The van der Waals surface area contributed by atoms with Crippen molar-refractivity contribution in [2.75, 3.05) is 18.4 Å². The summed E-state index contributed by atoms with van der Waals surface area (Å²) in [5, 5.41) is 13.3. The minimum Gasteiger partial charge on any atom is -0.316 e. The van der Waals surface area contributed by atoms with Crippen molar-refractivity contribution in [3.05, 3.63) is 0 Å². The summed E-state index contributed by atoms with van der Waals surface area (Å²) < 4.78 is 3.55. The van der Waals surface area contributed by atoms with Crippen LogP contribution in [0.1, 0.15) is 6.42 Å². The van der Waals surface area contributed by atoms with Crippen LogP contribution in [0.4, 0.5) is 5.13 Å². The molecule has 0 aliphatic carbocycles. The standard InChI is InChI=1S/C6H9N5OS/c12-5(4-1-2-7-3-4)8-6-9-10-11-13-6/h4,7H,1-3H2,(H,8,9,11,12). The van der Waals surface area contributed by atoms with Crippen molar-refractivity contribution in [1.82, 2.24) is 20.1 Å². The Hall–Kier alpha value is -1.08. The Balaban J connectivity index is 1.91. The van der Waals surface area contributed by atoms with Crippen LogP contribution in [0.25, 0.3) is 0 Å². The molecule has 1 amide bonds. The molecule has 1 aromatic heterocycles. The molecule has 1 fully saturated rings. The fraction of sp³-hybridized carbons (Fsp3) is 0.667. The molecule has 0 aromatic carbocycles. The van der Waals surface area contributed by atoms with Crippen molar-refractivity contribution >= 4 is 22.6 Å². The van der Waals surface area contributed by atoms with Crippen LogP contribution in [0.5, 0.6) is 0 Å². The second-order valence-corrected chi connectivity index (χ2v) is 3.58. The number of amides is 1. The van der Waals surface area contributed by atoms with Gasteiger partial charge < -0.3 is 5.32 Å². The van der Waals surface area contributed by atoms with Gasteiger partial charge in [-0.2, -0.15) is 0 Å². The van der Waals surface area contributed by atoms with Gasteiger partial charge in [0.05, 0.1) is 5.92 Å². The molecule has 7 heteroatoms. The number of rotatable bonds is 2. The van der Waals surface area contributed by atoms with E-state index in [0.717, 1.165) is 31.0 Å². The Kier molecular flexibility index (Phi) is 2.46. The Morgan fingerprint density at radius 1 is 1.69 bits per heavy atom. The Bertz CT molecular complexity index is 281. The quantitative estimate of drug-likeness (QED) is 0.670. The molecule has 1 aromatic rings. The summed E-state index contributed by atoms with van der Waals surface area (Å²) in [5.74, 6) is 0.0625. The fourth-order valence-electron chi connectivity index (χ4n) is 1.27. The monoisotopic (exact) mass is 199 g/mol. The summed E-state index contributed by atoms with van der Waals surface area (Å²) in [6.45, 7) is 1.66. The summed E-state index contributed by atoms with van der Waals surface area (Å²) in [6, 6.07) is 0. The third-order valence-electron chi connectivity index (χ3n) is 1.96. The number of aromatic nitrogens is 3. The largest absolute Gasteiger partial charge is 0.316 e. The molecule has 0 bridgehead atoms. The van der Waals surface area contributed by atoms with E-state index in [9.17, 15) is 4.79 Å². The zero-order valence-corrected chi connectivity index (χ0v) is 7.67. The van der Waals surface area contributed by atoms with Crippen molar-refractivity contribution in [2.24, 2.45) is 5.92 Å². The van der Waals surface area contributed by atoms with Gasteiger partial charge in [0.15, 0.2) is 0 Å². The van der Waals surface area contributed by atoms with Gasteiger partial charge in [-0.3, -0.25) is 10.1 Å². The van der Waals surface area contributed by atoms with Gasteiger partial charge in [0.25, 0.3) is 0 Å². The lowest BCUT2D eigenvalue weighted by atomic mass is 10.1. The number of carbonyl (C=O) groups excluding carboxylic acids is 1. The molecule has 1 aliphatic rings. The van der Waals surface area contributed by atoms with Gasteiger partial charge in [-0.15, -0.1) is 0 Å². The molecule has 1 aliphatic heterocycles. The first-order valence-electron chi connectivity index (χ1n) is 4.03. The predicted molar refractivity (Wildman–Crippen MR) is 47.3 cm³/mol. The molecular weight excluding hydrogens is 190 g/mol. The molecular formula is C6H9N5OS. The molecule has 0 radical (unpaired) electrons. The van der Waals surface area contributed by atoms with E-state index in [1.807, 2.05) is 0 Å². The van der Waals surface area contributed by atoms with Gasteiger partial charge >= 0.3 is 0 Å². The topological polar surface area (TPSA) is 79.8 Å². The van der Waals surface area contributed by atoms with Crippen LogP contribution in [0.3, 0.4) is 0 Å². The van der Waals surface area contributed by atoms with Crippen LogP contribution in [0.2, 0.25) is 0 Å². The second-order valence-electron chi connectivity index (χ2n) is 2.85. The average molecular weight is 199 g/mol. The maximum Gasteiger partial charge on any atom is 0.231 e. The van der Waals surface area contributed by atoms with Crippen LogP contribution in [0.15, 0.2) is 0 Å². The van der Waals surface area contributed by atoms with E-state index < -0.39 is 0 Å². The van der Waals surface area contributed by atoms with E-state index in [1.165, 1.54) is 0 Å². The number of hydrogen-bond donors (Lipinski definition) is 2. The van der Waals surface area contributed by atoms with Gasteiger partial charge in [0, 0.05) is 18.1 Å². The Morgan fingerprint density at radius 3 is 3.23 bits per heavy atom. The van der Waals surface area contributed by atoms with E-state index in [-0.39, 0.29) is 11.8 Å². The number of anilines is 1. The third-order valence-corrected chi connectivity index (χ3v) is 2.47. The Morgan fingerprint density at radius 2 is 2.62 bits per heavy atom. The van der Waals surface area contributed by atoms with Crippen LogP contribution < -0.4 is 10.6 Å². The van der Waals surface area contributed by atoms with E-state index >= 15 is 0 Å². The summed E-state index contributed by atoms with van der Waals surface area (Å²) in [7, 11) is 0. The molecule has 0 saturated carbocycles. The minimum atomic E-state index is 0.00329. The SMILES string of the molecule is O=C(Nc1nnns1)C1CCNC1. The minimum absolute atomic E-state index is 0.00329. The maximum absolute atomic E-state index is 11.5. The van der Waals surface area contributed by atoms with Crippen LogP contribution in [-0.4, -0.2) is 33.8 Å². The van der Waals surface area contributed by atoms with E-state index in [4.69, 9.17) is 0 Å².